The minimum absolute atomic E-state index is 0.0896. The van der Waals surface area contributed by atoms with Gasteiger partial charge in [-0.3, -0.25) is 0 Å². The summed E-state index contributed by atoms with van der Waals surface area (Å²) in [5, 5.41) is 4.15. The predicted octanol–water partition coefficient (Wildman–Crippen LogP) is 6.62. The Kier molecular flexibility index (Phi) is 6.92. The van der Waals surface area contributed by atoms with Crippen LogP contribution in [0.1, 0.15) is 27.6 Å². The van der Waals surface area contributed by atoms with Gasteiger partial charge in [0, 0.05) is 31.5 Å². The van der Waals surface area contributed by atoms with Crippen molar-refractivity contribution in [2.24, 2.45) is 0 Å². The highest BCUT2D eigenvalue weighted by Gasteiger charge is 2.16. The van der Waals surface area contributed by atoms with E-state index in [4.69, 9.17) is 27.9 Å². The standard InChI is InChI=1S/C22H16Cl2FNO4/c1-2-29-21(27)14-9-15(22(28)30-25)11-18(10-14)26-17-6-3-13(4-7-17)19-8-5-16(23)12-20(19)24/h3-12,26H,2H2,1H3. The average Bonchev–Trinajstić information content (AvgIpc) is 2.74. The molecule has 3 aromatic carbocycles. The zero-order valence-electron chi connectivity index (χ0n) is 15.7. The normalized spacial score (nSPS) is 10.4. The van der Waals surface area contributed by atoms with Crippen LogP contribution in [-0.4, -0.2) is 18.5 Å². The molecule has 0 saturated carbocycles. The maximum Gasteiger partial charge on any atom is 0.379 e. The lowest BCUT2D eigenvalue weighted by Gasteiger charge is -2.11. The Labute approximate surface area is 182 Å². The van der Waals surface area contributed by atoms with Crippen LogP contribution in [0, 0.1) is 0 Å². The van der Waals surface area contributed by atoms with Gasteiger partial charge in [-0.25, -0.2) is 14.5 Å². The first-order chi connectivity index (χ1) is 14.4. The first-order valence-electron chi connectivity index (χ1n) is 8.89. The molecule has 0 aliphatic rings. The van der Waals surface area contributed by atoms with Gasteiger partial charge in [-0.05, 0) is 55.0 Å². The van der Waals surface area contributed by atoms with E-state index >= 15 is 0 Å². The van der Waals surface area contributed by atoms with E-state index in [1.807, 2.05) is 18.2 Å². The van der Waals surface area contributed by atoms with Crippen molar-refractivity contribution in [3.05, 3.63) is 81.8 Å². The second-order valence-electron chi connectivity index (χ2n) is 6.21. The zero-order valence-corrected chi connectivity index (χ0v) is 17.3. The van der Waals surface area contributed by atoms with Crippen LogP contribution < -0.4 is 5.32 Å². The van der Waals surface area contributed by atoms with Crippen molar-refractivity contribution in [1.82, 2.24) is 0 Å². The third kappa shape index (κ3) is 5.09. The summed E-state index contributed by atoms with van der Waals surface area (Å²) >= 11 is 12.2. The van der Waals surface area contributed by atoms with E-state index in [9.17, 15) is 14.1 Å². The fraction of sp³-hybridized carbons (Fsp3) is 0.0909. The maximum absolute atomic E-state index is 12.4. The molecule has 5 nitrogen and oxygen atoms in total. The molecule has 0 aliphatic heterocycles. The molecule has 0 aromatic heterocycles. The van der Waals surface area contributed by atoms with E-state index in [-0.39, 0.29) is 17.7 Å². The number of carbonyl (C=O) groups excluding carboxylic acids is 2. The molecule has 0 spiro atoms. The van der Waals surface area contributed by atoms with Crippen LogP contribution in [0.3, 0.4) is 0 Å². The highest BCUT2D eigenvalue weighted by Crippen LogP contribution is 2.31. The van der Waals surface area contributed by atoms with Gasteiger partial charge in [0.15, 0.2) is 0 Å². The number of esters is 1. The molecule has 0 heterocycles. The number of ether oxygens (including phenoxy) is 1. The Morgan fingerprint density at radius 1 is 0.900 bits per heavy atom. The van der Waals surface area contributed by atoms with Crippen LogP contribution in [0.15, 0.2) is 60.7 Å². The number of halogens is 3. The quantitative estimate of drug-likeness (QED) is 0.430. The first kappa shape index (κ1) is 21.6. The summed E-state index contributed by atoms with van der Waals surface area (Å²) < 4.78 is 17.3. The molecule has 0 saturated heterocycles. The van der Waals surface area contributed by atoms with Crippen molar-refractivity contribution < 1.29 is 23.8 Å². The molecule has 0 atom stereocenters. The van der Waals surface area contributed by atoms with E-state index in [1.54, 1.807) is 31.2 Å². The van der Waals surface area contributed by atoms with Crippen molar-refractivity contribution >= 4 is 46.5 Å². The molecule has 154 valence electrons. The first-order valence-corrected chi connectivity index (χ1v) is 9.64. The Bertz CT molecular complexity index is 1090. The Balaban J connectivity index is 1.88. The number of hydrogen-bond acceptors (Lipinski definition) is 5. The van der Waals surface area contributed by atoms with Gasteiger partial charge in [0.25, 0.3) is 0 Å². The molecule has 0 aliphatic carbocycles. The van der Waals surface area contributed by atoms with Crippen molar-refractivity contribution in [3.8, 4) is 11.1 Å². The second kappa shape index (κ2) is 9.61. The highest BCUT2D eigenvalue weighted by molar-refractivity contribution is 6.36. The van der Waals surface area contributed by atoms with Crippen LogP contribution in [0.5, 0.6) is 0 Å². The van der Waals surface area contributed by atoms with Gasteiger partial charge < -0.3 is 10.1 Å². The largest absolute Gasteiger partial charge is 0.462 e. The Hall–Kier alpha value is -3.09. The molecule has 8 heteroatoms. The molecule has 3 aromatic rings. The summed E-state index contributed by atoms with van der Waals surface area (Å²) in [5.41, 5.74) is 2.72. The lowest BCUT2D eigenvalue weighted by molar-refractivity contribution is -0.0788. The maximum atomic E-state index is 12.4. The smallest absolute Gasteiger partial charge is 0.379 e. The zero-order chi connectivity index (χ0) is 21.7. The van der Waals surface area contributed by atoms with Gasteiger partial charge in [0.05, 0.1) is 17.7 Å². The van der Waals surface area contributed by atoms with E-state index in [0.29, 0.717) is 21.4 Å². The molecule has 0 amide bonds. The summed E-state index contributed by atoms with van der Waals surface area (Å²) in [5.74, 6) is -1.85. The predicted molar refractivity (Wildman–Crippen MR) is 114 cm³/mol. The minimum atomic E-state index is -1.21. The number of rotatable bonds is 6. The van der Waals surface area contributed by atoms with Crippen LogP contribution in [0.4, 0.5) is 15.9 Å². The van der Waals surface area contributed by atoms with Gasteiger partial charge in [0.1, 0.15) is 0 Å². The molecule has 3 rings (SSSR count). The van der Waals surface area contributed by atoms with Gasteiger partial charge in [-0.2, -0.15) is 0 Å². The third-order valence-corrected chi connectivity index (χ3v) is 4.71. The second-order valence-corrected chi connectivity index (χ2v) is 7.05. The lowest BCUT2D eigenvalue weighted by Crippen LogP contribution is -2.08. The monoisotopic (exact) mass is 447 g/mol. The molecule has 0 radical (unpaired) electrons. The summed E-state index contributed by atoms with van der Waals surface area (Å²) in [7, 11) is 0. The van der Waals surface area contributed by atoms with E-state index in [2.05, 4.69) is 10.3 Å². The Morgan fingerprint density at radius 2 is 1.57 bits per heavy atom. The van der Waals surface area contributed by atoms with E-state index in [0.717, 1.165) is 11.1 Å². The van der Waals surface area contributed by atoms with Crippen LogP contribution in [0.25, 0.3) is 11.1 Å². The van der Waals surface area contributed by atoms with Crippen molar-refractivity contribution in [3.63, 3.8) is 0 Å². The molecular formula is C22H16Cl2FNO4. The summed E-state index contributed by atoms with van der Waals surface area (Å²) in [4.78, 5) is 26.9. The third-order valence-electron chi connectivity index (χ3n) is 4.17. The summed E-state index contributed by atoms with van der Waals surface area (Å²) in [6.07, 6.45) is 0. The SMILES string of the molecule is CCOC(=O)c1cc(Nc2ccc(-c3ccc(Cl)cc3Cl)cc2)cc(C(=O)OF)c1. The molecule has 0 fully saturated rings. The van der Waals surface area contributed by atoms with Crippen LogP contribution in [0.2, 0.25) is 10.0 Å². The van der Waals surface area contributed by atoms with Gasteiger partial charge in [-0.15, -0.1) is 0 Å². The fourth-order valence-electron chi connectivity index (χ4n) is 2.82. The van der Waals surface area contributed by atoms with Crippen molar-refractivity contribution in [2.75, 3.05) is 11.9 Å². The minimum Gasteiger partial charge on any atom is -0.462 e. The van der Waals surface area contributed by atoms with E-state index in [1.165, 1.54) is 18.2 Å². The van der Waals surface area contributed by atoms with Crippen molar-refractivity contribution in [1.29, 1.82) is 0 Å². The molecule has 0 bridgehead atoms. The number of carbonyl (C=O) groups is 2. The summed E-state index contributed by atoms with van der Waals surface area (Å²) in [6.45, 7) is 1.82. The van der Waals surface area contributed by atoms with Gasteiger partial charge >= 0.3 is 11.9 Å². The fourth-order valence-corrected chi connectivity index (χ4v) is 3.34. The lowest BCUT2D eigenvalue weighted by atomic mass is 10.0. The van der Waals surface area contributed by atoms with Gasteiger partial charge in [-0.1, -0.05) is 41.4 Å². The van der Waals surface area contributed by atoms with Crippen LogP contribution in [-0.2, 0) is 9.68 Å². The molecular weight excluding hydrogens is 432 g/mol. The number of nitrogens with one attached hydrogen (secondary N) is 1. The summed E-state index contributed by atoms with van der Waals surface area (Å²) in [6, 6.07) is 16.6. The van der Waals surface area contributed by atoms with Crippen molar-refractivity contribution in [2.45, 2.75) is 6.92 Å². The Morgan fingerprint density at radius 3 is 2.17 bits per heavy atom. The number of anilines is 2. The van der Waals surface area contributed by atoms with Crippen LogP contribution >= 0.6 is 23.2 Å². The van der Waals surface area contributed by atoms with E-state index < -0.39 is 11.9 Å². The molecule has 30 heavy (non-hydrogen) atoms. The molecule has 1 N–H and O–H groups in total. The highest BCUT2D eigenvalue weighted by atomic mass is 35.5. The topological polar surface area (TPSA) is 64.6 Å². The van der Waals surface area contributed by atoms with Gasteiger partial charge in [0.2, 0.25) is 0 Å². The number of hydrogen-bond donors (Lipinski definition) is 1. The number of benzene rings is 3. The average molecular weight is 448 g/mol. The molecule has 0 unspecified atom stereocenters.